The van der Waals surface area contributed by atoms with Gasteiger partial charge < -0.3 is 19.9 Å². The van der Waals surface area contributed by atoms with E-state index in [0.717, 1.165) is 0 Å². The summed E-state index contributed by atoms with van der Waals surface area (Å²) in [5.41, 5.74) is 0.255. The van der Waals surface area contributed by atoms with Gasteiger partial charge in [-0.15, -0.1) is 12.4 Å². The Morgan fingerprint density at radius 3 is 2.50 bits per heavy atom. The summed E-state index contributed by atoms with van der Waals surface area (Å²) < 4.78 is 36.6. The van der Waals surface area contributed by atoms with Gasteiger partial charge >= 0.3 is 0 Å². The molecular formula is C13H25ClN4O5S. The fraction of sp³-hybridized carbons (Fsp3) is 0.692. The Bertz CT molecular complexity index is 600. The van der Waals surface area contributed by atoms with Crippen LogP contribution in [0.3, 0.4) is 0 Å². The van der Waals surface area contributed by atoms with Crippen LogP contribution in [0.1, 0.15) is 18.4 Å². The number of nitrogens with zero attached hydrogens (tertiary/aromatic N) is 1. The van der Waals surface area contributed by atoms with Crippen LogP contribution in [0.25, 0.3) is 0 Å². The predicted octanol–water partition coefficient (Wildman–Crippen LogP) is -0.268. The van der Waals surface area contributed by atoms with E-state index in [9.17, 15) is 13.2 Å². The van der Waals surface area contributed by atoms with E-state index in [1.807, 2.05) is 0 Å². The quantitative estimate of drug-likeness (QED) is 0.474. The number of halogens is 1. The van der Waals surface area contributed by atoms with Crippen LogP contribution in [-0.2, 0) is 19.6 Å². The van der Waals surface area contributed by atoms with Crippen molar-refractivity contribution in [3.63, 3.8) is 0 Å². The molecule has 1 unspecified atom stereocenters. The number of carbonyl (C=O) groups excluding carboxylic acids is 1. The third-order valence-electron chi connectivity index (χ3n) is 3.05. The zero-order valence-electron chi connectivity index (χ0n) is 14.2. The molecule has 1 atom stereocenters. The summed E-state index contributed by atoms with van der Waals surface area (Å²) >= 11 is 0. The van der Waals surface area contributed by atoms with Crippen LogP contribution in [0.4, 0.5) is 0 Å². The van der Waals surface area contributed by atoms with E-state index < -0.39 is 22.0 Å². The molecule has 1 aromatic heterocycles. The molecule has 1 aromatic rings. The number of nitrogens with one attached hydrogen (secondary N) is 3. The van der Waals surface area contributed by atoms with Gasteiger partial charge in [0.05, 0.1) is 12.6 Å². The molecule has 0 aliphatic carbocycles. The maximum absolute atomic E-state index is 12.3. The highest BCUT2D eigenvalue weighted by Crippen LogP contribution is 2.18. The summed E-state index contributed by atoms with van der Waals surface area (Å²) in [6.07, 6.45) is 0. The van der Waals surface area contributed by atoms with Crippen molar-refractivity contribution in [3.8, 4) is 0 Å². The Kier molecular flexibility index (Phi) is 10.1. The van der Waals surface area contributed by atoms with E-state index in [1.54, 1.807) is 7.11 Å². The second kappa shape index (κ2) is 10.6. The van der Waals surface area contributed by atoms with Gasteiger partial charge in [0.15, 0.2) is 5.76 Å². The number of hydrogen-bond acceptors (Lipinski definition) is 7. The number of methoxy groups -OCH3 is 1. The molecule has 24 heavy (non-hydrogen) atoms. The number of ether oxygens (including phenoxy) is 1. The zero-order valence-corrected chi connectivity index (χ0v) is 15.8. The summed E-state index contributed by atoms with van der Waals surface area (Å²) in [4.78, 5) is 11.9. The van der Waals surface area contributed by atoms with Crippen LogP contribution in [-0.4, -0.2) is 58.9 Å². The van der Waals surface area contributed by atoms with Crippen molar-refractivity contribution < 1.29 is 22.5 Å². The minimum atomic E-state index is -3.86. The summed E-state index contributed by atoms with van der Waals surface area (Å²) in [5, 5.41) is 9.32. The van der Waals surface area contributed by atoms with Crippen molar-refractivity contribution >= 4 is 28.3 Å². The van der Waals surface area contributed by atoms with Gasteiger partial charge in [-0.25, -0.2) is 8.42 Å². The summed E-state index contributed by atoms with van der Waals surface area (Å²) in [6, 6.07) is -0.910. The molecule has 0 aliphatic rings. The first-order valence-corrected chi connectivity index (χ1v) is 8.70. The van der Waals surface area contributed by atoms with E-state index in [4.69, 9.17) is 9.26 Å². The van der Waals surface area contributed by atoms with E-state index in [1.165, 1.54) is 20.8 Å². The van der Waals surface area contributed by atoms with Gasteiger partial charge in [-0.3, -0.25) is 4.79 Å². The summed E-state index contributed by atoms with van der Waals surface area (Å²) in [6.45, 7) is 6.73. The van der Waals surface area contributed by atoms with E-state index in [-0.39, 0.29) is 28.8 Å². The highest BCUT2D eigenvalue weighted by molar-refractivity contribution is 7.89. The summed E-state index contributed by atoms with van der Waals surface area (Å²) in [5.74, 6) is -0.223. The first kappa shape index (κ1) is 22.8. The number of aryl methyl sites for hydroxylation is 2. The van der Waals surface area contributed by atoms with Crippen molar-refractivity contribution in [2.24, 2.45) is 0 Å². The molecule has 1 rings (SSSR count). The molecule has 140 valence electrons. The minimum Gasteiger partial charge on any atom is -0.383 e. The van der Waals surface area contributed by atoms with Gasteiger partial charge in [0.25, 0.3) is 0 Å². The molecule has 0 radical (unpaired) electrons. The standard InChI is InChI=1S/C13H24N4O5S.ClH/c1-9-12(11(3)22-16-9)23(19,20)17-10(2)13(18)15-6-5-14-7-8-21-4;/h10,14,17H,5-8H2,1-4H3,(H,15,18);1H. The van der Waals surface area contributed by atoms with Crippen molar-refractivity contribution in [2.75, 3.05) is 33.4 Å². The molecular weight excluding hydrogens is 360 g/mol. The average Bonchev–Trinajstić information content (AvgIpc) is 2.81. The Labute approximate surface area is 148 Å². The average molecular weight is 385 g/mol. The molecule has 0 spiro atoms. The Morgan fingerprint density at radius 1 is 1.29 bits per heavy atom. The van der Waals surface area contributed by atoms with Gasteiger partial charge in [0, 0.05) is 26.7 Å². The van der Waals surface area contributed by atoms with Crippen molar-refractivity contribution in [1.29, 1.82) is 0 Å². The normalized spacial score (nSPS) is 12.5. The van der Waals surface area contributed by atoms with Crippen LogP contribution in [0.2, 0.25) is 0 Å². The lowest BCUT2D eigenvalue weighted by atomic mass is 10.3. The van der Waals surface area contributed by atoms with Crippen molar-refractivity contribution in [1.82, 2.24) is 20.5 Å². The number of carbonyl (C=O) groups is 1. The van der Waals surface area contributed by atoms with Gasteiger partial charge in [0.2, 0.25) is 15.9 Å². The molecule has 3 N–H and O–H groups in total. The topological polar surface area (TPSA) is 123 Å². The molecule has 9 nitrogen and oxygen atoms in total. The van der Waals surface area contributed by atoms with Crippen LogP contribution < -0.4 is 15.4 Å². The third-order valence-corrected chi connectivity index (χ3v) is 4.83. The molecule has 1 amide bonds. The Balaban J connectivity index is 0.00000529. The van der Waals surface area contributed by atoms with Gasteiger partial charge in [-0.2, -0.15) is 4.72 Å². The van der Waals surface area contributed by atoms with Crippen LogP contribution >= 0.6 is 12.4 Å². The second-order valence-electron chi connectivity index (χ2n) is 5.03. The zero-order chi connectivity index (χ0) is 17.5. The first-order valence-electron chi connectivity index (χ1n) is 7.22. The Hall–Kier alpha value is -1.20. The monoisotopic (exact) mass is 384 g/mol. The highest BCUT2D eigenvalue weighted by atomic mass is 35.5. The smallest absolute Gasteiger partial charge is 0.246 e. The maximum Gasteiger partial charge on any atom is 0.246 e. The number of amides is 1. The molecule has 0 bridgehead atoms. The lowest BCUT2D eigenvalue weighted by Crippen LogP contribution is -2.46. The lowest BCUT2D eigenvalue weighted by molar-refractivity contribution is -0.122. The molecule has 0 aromatic carbocycles. The Morgan fingerprint density at radius 2 is 1.96 bits per heavy atom. The molecule has 0 saturated carbocycles. The molecule has 11 heteroatoms. The largest absolute Gasteiger partial charge is 0.383 e. The number of sulfonamides is 1. The lowest BCUT2D eigenvalue weighted by Gasteiger charge is -2.14. The molecule has 0 aliphatic heterocycles. The predicted molar refractivity (Wildman–Crippen MR) is 90.8 cm³/mol. The SMILES string of the molecule is COCCNCCNC(=O)C(C)NS(=O)(=O)c1c(C)noc1C.Cl. The second-order valence-corrected chi connectivity index (χ2v) is 6.68. The van der Waals surface area contributed by atoms with Gasteiger partial charge in [-0.05, 0) is 20.8 Å². The van der Waals surface area contributed by atoms with E-state index in [2.05, 4.69) is 20.5 Å². The number of hydrogen-bond donors (Lipinski definition) is 3. The number of rotatable bonds is 10. The molecule has 1 heterocycles. The first-order chi connectivity index (χ1) is 10.8. The van der Waals surface area contributed by atoms with Gasteiger partial charge in [0.1, 0.15) is 10.6 Å². The molecule has 0 saturated heterocycles. The van der Waals surface area contributed by atoms with E-state index in [0.29, 0.717) is 26.2 Å². The van der Waals surface area contributed by atoms with Crippen LogP contribution in [0, 0.1) is 13.8 Å². The highest BCUT2D eigenvalue weighted by Gasteiger charge is 2.27. The maximum atomic E-state index is 12.3. The van der Waals surface area contributed by atoms with Crippen LogP contribution in [0.15, 0.2) is 9.42 Å². The fourth-order valence-corrected chi connectivity index (χ4v) is 3.46. The van der Waals surface area contributed by atoms with E-state index >= 15 is 0 Å². The summed E-state index contributed by atoms with van der Waals surface area (Å²) in [7, 11) is -2.26. The number of aromatic nitrogens is 1. The van der Waals surface area contributed by atoms with Crippen molar-refractivity contribution in [3.05, 3.63) is 11.5 Å². The third kappa shape index (κ3) is 6.73. The van der Waals surface area contributed by atoms with Crippen LogP contribution in [0.5, 0.6) is 0 Å². The minimum absolute atomic E-state index is 0. The van der Waals surface area contributed by atoms with Gasteiger partial charge in [-0.1, -0.05) is 5.16 Å². The van der Waals surface area contributed by atoms with Crippen molar-refractivity contribution in [2.45, 2.75) is 31.7 Å². The molecule has 0 fully saturated rings. The fourth-order valence-electron chi connectivity index (χ4n) is 1.93.